The molecule has 31 heavy (non-hydrogen) atoms. The second kappa shape index (κ2) is 8.38. The van der Waals surface area contributed by atoms with E-state index in [4.69, 9.17) is 5.73 Å². The number of quaternary nitrogens is 1. The van der Waals surface area contributed by atoms with Gasteiger partial charge in [-0.05, 0) is 36.8 Å². The first-order chi connectivity index (χ1) is 15.0. The molecule has 8 N–H and O–H groups in total. The van der Waals surface area contributed by atoms with Gasteiger partial charge in [0.1, 0.15) is 18.3 Å². The fourth-order valence-electron chi connectivity index (χ4n) is 3.50. The van der Waals surface area contributed by atoms with Crippen LogP contribution in [0.5, 0.6) is 0 Å². The molecule has 1 aliphatic rings. The van der Waals surface area contributed by atoms with Crippen LogP contribution in [-0.4, -0.2) is 26.7 Å². The standard InChI is InChI=1S/C21H22N8O2/c1-12-18(20(30)27-15-4-7-17(23)14(8-15)9-22)19(28-21(31)26-12)13-2-5-16(6-3-13)29-11-24-10-25-29/h2-8,10-11,19H,9,22-23H2,1H3,(H,27,30)(H2,26,28,31)/p+1. The quantitative estimate of drug-likeness (QED) is 0.415. The van der Waals surface area contributed by atoms with Crippen LogP contribution in [0.15, 0.2) is 66.4 Å². The van der Waals surface area contributed by atoms with Crippen LogP contribution in [-0.2, 0) is 11.3 Å². The number of nitrogens with one attached hydrogen (secondary N) is 3. The number of carbonyl (C=O) groups is 2. The largest absolute Gasteiger partial charge is 0.327 e. The molecule has 0 fully saturated rings. The van der Waals surface area contributed by atoms with E-state index in [1.54, 1.807) is 36.1 Å². The maximum absolute atomic E-state index is 13.2. The van der Waals surface area contributed by atoms with Crippen LogP contribution >= 0.6 is 0 Å². The molecular formula is C21H23N8O2+. The molecule has 0 spiro atoms. The Bertz CT molecular complexity index is 1150. The van der Waals surface area contributed by atoms with E-state index < -0.39 is 6.04 Å². The van der Waals surface area contributed by atoms with E-state index in [1.165, 1.54) is 6.33 Å². The van der Waals surface area contributed by atoms with E-state index in [9.17, 15) is 9.59 Å². The summed E-state index contributed by atoms with van der Waals surface area (Å²) in [7, 11) is 0. The van der Waals surface area contributed by atoms with Crippen molar-refractivity contribution in [2.45, 2.75) is 19.5 Å². The maximum atomic E-state index is 13.2. The first kappa shape index (κ1) is 20.3. The Balaban J connectivity index is 1.63. The molecule has 10 nitrogen and oxygen atoms in total. The van der Waals surface area contributed by atoms with Gasteiger partial charge in [-0.25, -0.2) is 14.5 Å². The van der Waals surface area contributed by atoms with Crippen LogP contribution in [0.25, 0.3) is 5.69 Å². The number of carbonyl (C=O) groups excluding carboxylic acids is 2. The third kappa shape index (κ3) is 4.15. The number of allylic oxidation sites excluding steroid dienone is 1. The van der Waals surface area contributed by atoms with E-state index in [0.29, 0.717) is 23.5 Å². The third-order valence-electron chi connectivity index (χ3n) is 5.11. The average molecular weight is 419 g/mol. The minimum absolute atomic E-state index is 0.322. The van der Waals surface area contributed by atoms with Crippen molar-refractivity contribution in [3.8, 4) is 5.69 Å². The lowest BCUT2D eigenvalue weighted by Crippen LogP contribution is -2.46. The highest BCUT2D eigenvalue weighted by Crippen LogP contribution is 2.28. The average Bonchev–Trinajstić information content (AvgIpc) is 3.29. The molecule has 1 unspecified atom stereocenters. The molecule has 2 heterocycles. The Morgan fingerprint density at radius 2 is 2.03 bits per heavy atom. The molecule has 0 bridgehead atoms. The summed E-state index contributed by atoms with van der Waals surface area (Å²) in [5.41, 5.74) is 14.4. The number of amides is 3. The minimum atomic E-state index is -0.611. The Morgan fingerprint density at radius 1 is 1.26 bits per heavy atom. The summed E-state index contributed by atoms with van der Waals surface area (Å²) in [6, 6.07) is 11.8. The highest BCUT2D eigenvalue weighted by molar-refractivity contribution is 6.06. The lowest BCUT2D eigenvalue weighted by Gasteiger charge is -2.28. The highest BCUT2D eigenvalue weighted by Gasteiger charge is 2.31. The van der Waals surface area contributed by atoms with Crippen molar-refractivity contribution in [2.24, 2.45) is 5.73 Å². The number of urea groups is 1. The lowest BCUT2D eigenvalue weighted by atomic mass is 9.94. The Morgan fingerprint density at radius 3 is 2.71 bits per heavy atom. The molecule has 0 radical (unpaired) electrons. The van der Waals surface area contributed by atoms with Crippen LogP contribution in [0.3, 0.4) is 0 Å². The Kier molecular flexibility index (Phi) is 5.48. The van der Waals surface area contributed by atoms with Crippen LogP contribution in [0.2, 0.25) is 0 Å². The maximum Gasteiger partial charge on any atom is 0.319 e. The van der Waals surface area contributed by atoms with Gasteiger partial charge in [-0.2, -0.15) is 5.10 Å². The van der Waals surface area contributed by atoms with Gasteiger partial charge < -0.3 is 27.4 Å². The molecule has 1 aromatic heterocycles. The first-order valence-electron chi connectivity index (χ1n) is 9.66. The van der Waals surface area contributed by atoms with E-state index in [-0.39, 0.29) is 11.9 Å². The van der Waals surface area contributed by atoms with Crippen molar-refractivity contribution in [3.05, 3.63) is 77.5 Å². The van der Waals surface area contributed by atoms with Crippen molar-refractivity contribution in [3.63, 3.8) is 0 Å². The lowest BCUT2D eigenvalue weighted by molar-refractivity contribution is -0.255. The van der Waals surface area contributed by atoms with Gasteiger partial charge in [0.25, 0.3) is 5.91 Å². The molecule has 1 atom stereocenters. The molecule has 2 aromatic carbocycles. The summed E-state index contributed by atoms with van der Waals surface area (Å²) in [4.78, 5) is 29.2. The Hall–Kier alpha value is -4.02. The summed E-state index contributed by atoms with van der Waals surface area (Å²) < 4.78 is 1.63. The third-order valence-corrected chi connectivity index (χ3v) is 5.11. The van der Waals surface area contributed by atoms with E-state index in [2.05, 4.69) is 31.8 Å². The number of benzene rings is 2. The summed E-state index contributed by atoms with van der Waals surface area (Å²) in [6.45, 7) is 2.03. The predicted octanol–water partition coefficient (Wildman–Crippen LogP) is 0.866. The molecule has 0 saturated carbocycles. The smallest absolute Gasteiger partial charge is 0.319 e. The summed E-state index contributed by atoms with van der Waals surface area (Å²) in [5, 5.41) is 12.5. The number of rotatable bonds is 5. The molecule has 3 aromatic rings. The van der Waals surface area contributed by atoms with Gasteiger partial charge in [0, 0.05) is 29.6 Å². The van der Waals surface area contributed by atoms with Gasteiger partial charge in [0.05, 0.1) is 17.3 Å². The zero-order valence-corrected chi connectivity index (χ0v) is 16.9. The number of hydrogen-bond donors (Lipinski definition) is 5. The zero-order chi connectivity index (χ0) is 22.0. The van der Waals surface area contributed by atoms with Crippen molar-refractivity contribution in [1.29, 1.82) is 0 Å². The highest BCUT2D eigenvalue weighted by atomic mass is 16.2. The molecular weight excluding hydrogens is 396 g/mol. The summed E-state index contributed by atoms with van der Waals surface area (Å²) in [5.74, 6) is -0.324. The molecule has 4 rings (SSSR count). The topological polar surface area (TPSA) is 155 Å². The van der Waals surface area contributed by atoms with Gasteiger partial charge in [-0.1, -0.05) is 12.1 Å². The monoisotopic (exact) mass is 419 g/mol. The molecule has 10 heteroatoms. The van der Waals surface area contributed by atoms with E-state index >= 15 is 0 Å². The number of aromatic nitrogens is 3. The van der Waals surface area contributed by atoms with E-state index in [0.717, 1.165) is 22.5 Å². The Labute approximate surface area is 178 Å². The van der Waals surface area contributed by atoms with Crippen molar-refractivity contribution < 1.29 is 15.3 Å². The number of nitrogens with two attached hydrogens (primary N) is 1. The van der Waals surface area contributed by atoms with Gasteiger partial charge in [0.2, 0.25) is 0 Å². The van der Waals surface area contributed by atoms with Gasteiger partial charge in [-0.15, -0.1) is 0 Å². The molecule has 158 valence electrons. The molecule has 3 amide bonds. The number of anilines is 1. The summed E-state index contributed by atoms with van der Waals surface area (Å²) >= 11 is 0. The zero-order valence-electron chi connectivity index (χ0n) is 16.9. The SMILES string of the molecule is CC1=C(C(=O)Nc2ccc([NH3+])c(CN)c2)C(c2ccc(-n3cncn3)cc2)NC(=O)N1. The molecule has 1 aliphatic heterocycles. The second-order valence-electron chi connectivity index (χ2n) is 7.14. The van der Waals surface area contributed by atoms with Gasteiger partial charge in [-0.3, -0.25) is 4.79 Å². The normalized spacial score (nSPS) is 16.0. The summed E-state index contributed by atoms with van der Waals surface area (Å²) in [6.07, 6.45) is 3.05. The van der Waals surface area contributed by atoms with Crippen molar-refractivity contribution in [2.75, 3.05) is 5.32 Å². The second-order valence-corrected chi connectivity index (χ2v) is 7.14. The van der Waals surface area contributed by atoms with Crippen LogP contribution in [0.4, 0.5) is 16.2 Å². The predicted molar refractivity (Wildman–Crippen MR) is 114 cm³/mol. The van der Waals surface area contributed by atoms with Crippen molar-refractivity contribution in [1.82, 2.24) is 25.4 Å². The number of hydrogen-bond acceptors (Lipinski definition) is 5. The fourth-order valence-corrected chi connectivity index (χ4v) is 3.50. The van der Waals surface area contributed by atoms with Crippen molar-refractivity contribution >= 4 is 23.3 Å². The van der Waals surface area contributed by atoms with Crippen LogP contribution in [0, 0.1) is 0 Å². The van der Waals surface area contributed by atoms with E-state index in [1.807, 2.05) is 24.3 Å². The van der Waals surface area contributed by atoms with Crippen LogP contribution < -0.4 is 27.4 Å². The molecule has 0 aliphatic carbocycles. The van der Waals surface area contributed by atoms with Gasteiger partial charge >= 0.3 is 6.03 Å². The van der Waals surface area contributed by atoms with Crippen LogP contribution in [0.1, 0.15) is 24.1 Å². The fraction of sp³-hybridized carbons (Fsp3) is 0.143. The van der Waals surface area contributed by atoms with Gasteiger partial charge in [0.15, 0.2) is 0 Å². The minimum Gasteiger partial charge on any atom is -0.327 e. The number of nitrogens with zero attached hydrogens (tertiary/aromatic N) is 3. The molecule has 0 saturated heterocycles. The first-order valence-corrected chi connectivity index (χ1v) is 9.66.